The second-order valence-electron chi connectivity index (χ2n) is 7.17. The number of fused-ring (bicyclic) bond motifs is 1. The van der Waals surface area contributed by atoms with E-state index in [1.54, 1.807) is 0 Å². The van der Waals surface area contributed by atoms with Gasteiger partial charge in [0.2, 0.25) is 0 Å². The van der Waals surface area contributed by atoms with Gasteiger partial charge in [-0.25, -0.2) is 4.98 Å². The highest BCUT2D eigenvalue weighted by Crippen LogP contribution is 2.32. The van der Waals surface area contributed by atoms with Crippen molar-refractivity contribution in [1.29, 1.82) is 0 Å². The summed E-state index contributed by atoms with van der Waals surface area (Å²) in [5.74, 6) is 1.16. The van der Waals surface area contributed by atoms with Gasteiger partial charge in [-0.3, -0.25) is 9.59 Å². The van der Waals surface area contributed by atoms with E-state index < -0.39 is 0 Å². The van der Waals surface area contributed by atoms with Gasteiger partial charge in [-0.2, -0.15) is 0 Å². The lowest BCUT2D eigenvalue weighted by molar-refractivity contribution is -0.122. The highest BCUT2D eigenvalue weighted by molar-refractivity contribution is 6.36. The third kappa shape index (κ3) is 5.31. The number of ether oxygens (including phenoxy) is 1. The summed E-state index contributed by atoms with van der Waals surface area (Å²) < 4.78 is 6.02. The molecule has 0 radical (unpaired) electrons. The first-order valence-corrected chi connectivity index (χ1v) is 9.79. The fraction of sp³-hybridized carbons (Fsp3) is 0.611. The maximum atomic E-state index is 12.8. The lowest BCUT2D eigenvalue weighted by atomic mass is 10.1. The minimum atomic E-state index is -0.250. The second kappa shape index (κ2) is 9.19. The average molecular weight is 416 g/mol. The Morgan fingerprint density at radius 1 is 1.33 bits per heavy atom. The molecule has 4 rings (SSSR count). The molecule has 1 amide bonds. The number of rotatable bonds is 3. The van der Waals surface area contributed by atoms with Crippen molar-refractivity contribution in [2.24, 2.45) is 11.8 Å². The van der Waals surface area contributed by atoms with Crippen molar-refractivity contribution in [1.82, 2.24) is 14.8 Å². The smallest absolute Gasteiger partial charge is 0.290 e. The largest absolute Gasteiger partial charge is 0.483 e. The van der Waals surface area contributed by atoms with Crippen LogP contribution in [0.15, 0.2) is 12.3 Å². The standard InChI is InChI=1S/C17H21Cl2N3O2.CH2O2/c18-14-5-16(19)20-6-13(14)17(23)22-9-12-8-21(7-11-1-2-11)3-4-24-15(12)10-22;2-1-3/h5-6,11-12,15H,1-4,7-10H2;1H,(H,2,3)/t12-,15+;/m0./s1. The Bertz CT molecular complexity index is 687. The number of likely N-dealkylation sites (tertiary alicyclic amines) is 1. The molecule has 3 fully saturated rings. The van der Waals surface area contributed by atoms with Crippen LogP contribution in [0.5, 0.6) is 0 Å². The Kier molecular flexibility index (Phi) is 6.92. The highest BCUT2D eigenvalue weighted by atomic mass is 35.5. The van der Waals surface area contributed by atoms with E-state index in [1.165, 1.54) is 31.6 Å². The van der Waals surface area contributed by atoms with Crippen molar-refractivity contribution in [2.75, 3.05) is 39.3 Å². The van der Waals surface area contributed by atoms with Crippen LogP contribution in [0, 0.1) is 11.8 Å². The minimum absolute atomic E-state index is 0.0883. The zero-order valence-corrected chi connectivity index (χ0v) is 16.4. The average Bonchev–Trinajstić information content (AvgIpc) is 3.38. The van der Waals surface area contributed by atoms with E-state index in [4.69, 9.17) is 37.8 Å². The van der Waals surface area contributed by atoms with Gasteiger partial charge >= 0.3 is 0 Å². The third-order valence-corrected chi connectivity index (χ3v) is 5.68. The quantitative estimate of drug-likeness (QED) is 0.602. The van der Waals surface area contributed by atoms with Gasteiger partial charge in [-0.1, -0.05) is 23.2 Å². The molecule has 0 spiro atoms. The Hall–Kier alpha value is -1.41. The van der Waals surface area contributed by atoms with E-state index in [9.17, 15) is 4.79 Å². The normalized spacial score (nSPS) is 25.2. The minimum Gasteiger partial charge on any atom is -0.483 e. The van der Waals surface area contributed by atoms with Gasteiger partial charge in [0.25, 0.3) is 12.4 Å². The number of hydrogen-bond donors (Lipinski definition) is 1. The van der Waals surface area contributed by atoms with E-state index >= 15 is 0 Å². The Morgan fingerprint density at radius 2 is 2.07 bits per heavy atom. The summed E-state index contributed by atoms with van der Waals surface area (Å²) in [4.78, 5) is 29.5. The van der Waals surface area contributed by atoms with Crippen LogP contribution in [0.3, 0.4) is 0 Å². The number of aromatic nitrogens is 1. The van der Waals surface area contributed by atoms with Crippen molar-refractivity contribution < 1.29 is 19.4 Å². The fourth-order valence-electron chi connectivity index (χ4n) is 3.69. The Balaban J connectivity index is 0.000000659. The molecule has 148 valence electrons. The maximum absolute atomic E-state index is 12.8. The SMILES string of the molecule is O=C(c1cnc(Cl)cc1Cl)N1C[C@@H]2CN(CC3CC3)CCO[C@@H]2C1.O=CO. The molecule has 2 atom stereocenters. The van der Waals surface area contributed by atoms with E-state index in [-0.39, 0.29) is 18.5 Å². The lowest BCUT2D eigenvalue weighted by Crippen LogP contribution is -2.35. The number of amides is 1. The van der Waals surface area contributed by atoms with Gasteiger partial charge in [0, 0.05) is 44.8 Å². The first-order valence-electron chi connectivity index (χ1n) is 9.04. The van der Waals surface area contributed by atoms with E-state index in [2.05, 4.69) is 9.88 Å². The van der Waals surface area contributed by atoms with Crippen molar-refractivity contribution in [3.05, 3.63) is 28.0 Å². The van der Waals surface area contributed by atoms with Crippen molar-refractivity contribution in [2.45, 2.75) is 18.9 Å². The van der Waals surface area contributed by atoms with Crippen LogP contribution < -0.4 is 0 Å². The number of carbonyl (C=O) groups is 2. The Morgan fingerprint density at radius 3 is 2.74 bits per heavy atom. The zero-order valence-electron chi connectivity index (χ0n) is 14.9. The molecule has 3 heterocycles. The van der Waals surface area contributed by atoms with E-state index in [0.29, 0.717) is 34.7 Å². The first kappa shape index (κ1) is 20.3. The zero-order chi connectivity index (χ0) is 19.4. The van der Waals surface area contributed by atoms with Crippen molar-refractivity contribution in [3.8, 4) is 0 Å². The van der Waals surface area contributed by atoms with Crippen LogP contribution in [0.4, 0.5) is 0 Å². The molecule has 1 saturated carbocycles. The number of pyridine rings is 1. The van der Waals surface area contributed by atoms with Crippen LogP contribution in [-0.4, -0.2) is 77.7 Å². The summed E-state index contributed by atoms with van der Waals surface area (Å²) in [6.45, 7) is 5.03. The highest BCUT2D eigenvalue weighted by Gasteiger charge is 2.39. The van der Waals surface area contributed by atoms with E-state index in [0.717, 1.165) is 25.6 Å². The van der Waals surface area contributed by atoms with Crippen molar-refractivity contribution >= 4 is 35.6 Å². The number of halogens is 2. The monoisotopic (exact) mass is 415 g/mol. The van der Waals surface area contributed by atoms with Crippen LogP contribution in [-0.2, 0) is 9.53 Å². The second-order valence-corrected chi connectivity index (χ2v) is 7.97. The summed E-state index contributed by atoms with van der Waals surface area (Å²) in [5, 5.41) is 7.53. The van der Waals surface area contributed by atoms with Crippen molar-refractivity contribution in [3.63, 3.8) is 0 Å². The molecule has 0 bridgehead atoms. The predicted octanol–water partition coefficient (Wildman–Crippen LogP) is 2.27. The molecular weight excluding hydrogens is 393 g/mol. The molecule has 1 aromatic rings. The van der Waals surface area contributed by atoms with Crippen LogP contribution in [0.2, 0.25) is 10.2 Å². The lowest BCUT2D eigenvalue weighted by Gasteiger charge is -2.23. The van der Waals surface area contributed by atoms with Gasteiger partial charge in [0.15, 0.2) is 0 Å². The van der Waals surface area contributed by atoms with Gasteiger partial charge in [-0.05, 0) is 24.8 Å². The van der Waals surface area contributed by atoms with Crippen LogP contribution in [0.1, 0.15) is 23.2 Å². The van der Waals surface area contributed by atoms with Gasteiger partial charge in [0.05, 0.1) is 23.3 Å². The van der Waals surface area contributed by atoms with E-state index in [1.807, 2.05) is 4.90 Å². The molecule has 2 aliphatic heterocycles. The molecule has 9 heteroatoms. The summed E-state index contributed by atoms with van der Waals surface area (Å²) in [6.07, 6.45) is 4.30. The number of hydrogen-bond acceptors (Lipinski definition) is 5. The summed E-state index contributed by atoms with van der Waals surface area (Å²) in [7, 11) is 0. The molecule has 1 N–H and O–H groups in total. The number of nitrogens with zero attached hydrogens (tertiary/aromatic N) is 3. The summed E-state index contributed by atoms with van der Waals surface area (Å²) in [5.41, 5.74) is 0.410. The van der Waals surface area contributed by atoms with Gasteiger partial charge in [-0.15, -0.1) is 0 Å². The van der Waals surface area contributed by atoms with Crippen LogP contribution >= 0.6 is 23.2 Å². The molecule has 7 nitrogen and oxygen atoms in total. The molecular formula is C18H23Cl2N3O4. The predicted molar refractivity (Wildman–Crippen MR) is 101 cm³/mol. The number of carboxylic acid groups (broad SMARTS) is 1. The topological polar surface area (TPSA) is 83.0 Å². The summed E-state index contributed by atoms with van der Waals surface area (Å²) >= 11 is 12.0. The molecule has 0 unspecified atom stereocenters. The summed E-state index contributed by atoms with van der Waals surface area (Å²) in [6, 6.07) is 1.51. The molecule has 27 heavy (non-hydrogen) atoms. The maximum Gasteiger partial charge on any atom is 0.290 e. The van der Waals surface area contributed by atoms with Gasteiger partial charge < -0.3 is 19.6 Å². The molecule has 1 aromatic heterocycles. The molecule has 0 aromatic carbocycles. The van der Waals surface area contributed by atoms with Crippen LogP contribution in [0.25, 0.3) is 0 Å². The third-order valence-electron chi connectivity index (χ3n) is 5.16. The van der Waals surface area contributed by atoms with Gasteiger partial charge in [0.1, 0.15) is 5.15 Å². The first-order chi connectivity index (χ1) is 13.0. The molecule has 1 aliphatic carbocycles. The fourth-order valence-corrected chi connectivity index (χ4v) is 4.14. The number of carbonyl (C=O) groups excluding carboxylic acids is 1. The molecule has 2 saturated heterocycles. The Labute approximate surface area is 168 Å². The molecule has 3 aliphatic rings.